The second-order valence-corrected chi connectivity index (χ2v) is 11.3. The van der Waals surface area contributed by atoms with Crippen molar-refractivity contribution in [2.75, 3.05) is 13.2 Å². The summed E-state index contributed by atoms with van der Waals surface area (Å²) in [6.45, 7) is 0.837. The Morgan fingerprint density at radius 3 is 1.83 bits per heavy atom. The van der Waals surface area contributed by atoms with Crippen molar-refractivity contribution in [1.29, 1.82) is 0 Å². The zero-order valence-corrected chi connectivity index (χ0v) is 24.9. The minimum atomic E-state index is -1.77. The number of carbonyl (C=O) groups is 1. The number of carbonyl (C=O) groups excluding carboxylic acids is 1. The van der Waals surface area contributed by atoms with Gasteiger partial charge in [-0.2, -0.15) is 0 Å². The largest absolute Gasteiger partial charge is 0.456 e. The Labute approximate surface area is 249 Å². The summed E-state index contributed by atoms with van der Waals surface area (Å²) in [5.41, 5.74) is 0. The number of unbranched alkanes of at least 4 members (excludes halogenated alkanes) is 11. The van der Waals surface area contributed by atoms with E-state index >= 15 is 0 Å². The van der Waals surface area contributed by atoms with Crippen LogP contribution in [0.5, 0.6) is 0 Å². The highest BCUT2D eigenvalue weighted by atomic mass is 16.7. The smallest absolute Gasteiger partial charge is 0.306 e. The normalized spacial score (nSPS) is 33.7. The first kappa shape index (κ1) is 37.0. The summed E-state index contributed by atoms with van der Waals surface area (Å²) in [6.07, 6.45) is 3.48. The van der Waals surface area contributed by atoms with Crippen molar-refractivity contribution in [3.8, 4) is 0 Å². The third-order valence-corrected chi connectivity index (χ3v) is 7.86. The van der Waals surface area contributed by atoms with Crippen molar-refractivity contribution in [3.05, 3.63) is 12.2 Å². The molecule has 0 saturated carbocycles. The highest BCUT2D eigenvalue weighted by Crippen LogP contribution is 2.30. The minimum absolute atomic E-state index is 0.0795. The molecule has 12 nitrogen and oxygen atoms in total. The molecule has 2 fully saturated rings. The van der Waals surface area contributed by atoms with E-state index in [1.54, 1.807) is 0 Å². The number of hydrogen-bond donors (Lipinski definition) is 7. The Hall–Kier alpha value is -1.19. The molecular weight excluding hydrogens is 552 g/mol. The first-order chi connectivity index (χ1) is 20.2. The number of aliphatic hydroxyl groups excluding tert-OH is 7. The Morgan fingerprint density at radius 1 is 0.667 bits per heavy atom. The van der Waals surface area contributed by atoms with Gasteiger partial charge >= 0.3 is 5.97 Å². The molecule has 246 valence electrons. The maximum atomic E-state index is 12.5. The van der Waals surface area contributed by atoms with E-state index in [1.807, 2.05) is 0 Å². The number of ether oxygens (including phenoxy) is 4. The van der Waals surface area contributed by atoms with Crippen LogP contribution in [0.25, 0.3) is 0 Å². The van der Waals surface area contributed by atoms with Gasteiger partial charge in [-0.15, -0.1) is 0 Å². The van der Waals surface area contributed by atoms with Crippen LogP contribution in [0, 0.1) is 0 Å². The first-order valence-electron chi connectivity index (χ1n) is 15.7. The molecule has 0 spiro atoms. The maximum Gasteiger partial charge on any atom is 0.306 e. The van der Waals surface area contributed by atoms with E-state index in [0.29, 0.717) is 6.42 Å². The maximum absolute atomic E-state index is 12.5. The van der Waals surface area contributed by atoms with E-state index in [-0.39, 0.29) is 6.42 Å². The Balaban J connectivity index is 1.70. The summed E-state index contributed by atoms with van der Waals surface area (Å²) < 4.78 is 21.4. The zero-order chi connectivity index (χ0) is 30.9. The highest BCUT2D eigenvalue weighted by molar-refractivity contribution is 5.69. The van der Waals surface area contributed by atoms with Crippen LogP contribution in [0.1, 0.15) is 96.8 Å². The van der Waals surface area contributed by atoms with E-state index in [4.69, 9.17) is 18.9 Å². The average Bonchev–Trinajstić information content (AvgIpc) is 2.98. The molecule has 2 saturated heterocycles. The van der Waals surface area contributed by atoms with Gasteiger partial charge in [0.05, 0.1) is 13.2 Å². The molecule has 10 atom stereocenters. The van der Waals surface area contributed by atoms with E-state index < -0.39 is 80.6 Å². The van der Waals surface area contributed by atoms with E-state index in [9.17, 15) is 40.5 Å². The quantitative estimate of drug-likeness (QED) is 0.0595. The number of aliphatic hydroxyl groups is 7. The van der Waals surface area contributed by atoms with Crippen LogP contribution in [-0.4, -0.2) is 116 Å². The highest BCUT2D eigenvalue weighted by Gasteiger charge is 2.51. The van der Waals surface area contributed by atoms with E-state index in [2.05, 4.69) is 19.1 Å². The second kappa shape index (κ2) is 20.7. The predicted octanol–water partition coefficient (Wildman–Crippen LogP) is 1.19. The lowest BCUT2D eigenvalue weighted by molar-refractivity contribution is -0.355. The van der Waals surface area contributed by atoms with Crippen LogP contribution in [0.15, 0.2) is 12.2 Å². The average molecular weight is 607 g/mol. The Morgan fingerprint density at radius 2 is 1.24 bits per heavy atom. The standard InChI is InChI=1S/C30H54O12/c1-2-3-4-5-6-7-8-9-10-11-12-13-14-15-16-17-22(33)41-28-23(34)20(18-31)40-30(26(28)37)42-27-21(19-32)39-29(38)25(36)24(27)35/h9-10,20-21,23-32,34-38H,2-8,11-19H2,1H3/t20-,21-,23-,24-,25-,26-,27-,28+,29-,30-/m1/s1. The lowest BCUT2D eigenvalue weighted by Gasteiger charge is -2.45. The van der Waals surface area contributed by atoms with Crippen molar-refractivity contribution < 1.29 is 59.5 Å². The van der Waals surface area contributed by atoms with Gasteiger partial charge in [-0.05, 0) is 32.1 Å². The predicted molar refractivity (Wildman–Crippen MR) is 152 cm³/mol. The molecule has 0 bridgehead atoms. The van der Waals surface area contributed by atoms with Crippen molar-refractivity contribution in [2.24, 2.45) is 0 Å². The van der Waals surface area contributed by atoms with Crippen LogP contribution >= 0.6 is 0 Å². The molecule has 0 aromatic heterocycles. The van der Waals surface area contributed by atoms with Crippen LogP contribution in [0.3, 0.4) is 0 Å². The third kappa shape index (κ3) is 12.1. The molecule has 42 heavy (non-hydrogen) atoms. The van der Waals surface area contributed by atoms with Gasteiger partial charge < -0.3 is 54.7 Å². The van der Waals surface area contributed by atoms with Gasteiger partial charge in [0, 0.05) is 6.42 Å². The number of allylic oxidation sites excluding steroid dienone is 2. The summed E-state index contributed by atoms with van der Waals surface area (Å²) >= 11 is 0. The van der Waals surface area contributed by atoms with Crippen molar-refractivity contribution >= 4 is 5.97 Å². The summed E-state index contributed by atoms with van der Waals surface area (Å²) in [4.78, 5) is 12.5. The summed E-state index contributed by atoms with van der Waals surface area (Å²) in [7, 11) is 0. The molecule has 2 aliphatic heterocycles. The van der Waals surface area contributed by atoms with Gasteiger partial charge in [0.1, 0.15) is 42.7 Å². The topological polar surface area (TPSA) is 196 Å². The number of rotatable bonds is 20. The SMILES string of the molecule is CCCCCCCCC=CCCCCCCCC(=O)O[C@@H]1[C@@H](O)[C@@H](O[C@H]2[C@H](O)[C@@H](O)[C@H](O)O[C@@H]2CO)O[C@H](CO)[C@H]1O. The van der Waals surface area contributed by atoms with Crippen LogP contribution < -0.4 is 0 Å². The molecule has 0 aromatic carbocycles. The lowest BCUT2D eigenvalue weighted by Crippen LogP contribution is -2.65. The molecule has 0 unspecified atom stereocenters. The third-order valence-electron chi connectivity index (χ3n) is 7.86. The molecule has 2 heterocycles. The molecule has 0 aromatic rings. The monoisotopic (exact) mass is 606 g/mol. The van der Waals surface area contributed by atoms with Crippen molar-refractivity contribution in [1.82, 2.24) is 0 Å². The number of hydrogen-bond acceptors (Lipinski definition) is 12. The Kier molecular flexibility index (Phi) is 18.2. The fourth-order valence-corrected chi connectivity index (χ4v) is 5.25. The Bertz CT molecular complexity index is 750. The number of esters is 1. The van der Waals surface area contributed by atoms with Gasteiger partial charge in [-0.25, -0.2) is 0 Å². The molecule has 0 amide bonds. The summed E-state index contributed by atoms with van der Waals surface area (Å²) in [5.74, 6) is -0.638. The molecule has 2 rings (SSSR count). The van der Waals surface area contributed by atoms with Gasteiger partial charge in [-0.3, -0.25) is 4.79 Å². The second-order valence-electron chi connectivity index (χ2n) is 11.3. The molecule has 7 N–H and O–H groups in total. The van der Waals surface area contributed by atoms with Gasteiger partial charge in [0.15, 0.2) is 18.7 Å². The first-order valence-corrected chi connectivity index (χ1v) is 15.7. The van der Waals surface area contributed by atoms with Crippen LogP contribution in [-0.2, 0) is 23.7 Å². The van der Waals surface area contributed by atoms with Gasteiger partial charge in [-0.1, -0.05) is 70.4 Å². The fraction of sp³-hybridized carbons (Fsp3) is 0.900. The lowest BCUT2D eigenvalue weighted by atomic mass is 9.97. The summed E-state index contributed by atoms with van der Waals surface area (Å²) in [5, 5.41) is 70.5. The molecule has 2 aliphatic rings. The molecule has 12 heteroatoms. The van der Waals surface area contributed by atoms with Crippen LogP contribution in [0.4, 0.5) is 0 Å². The van der Waals surface area contributed by atoms with Gasteiger partial charge in [0.25, 0.3) is 0 Å². The minimum Gasteiger partial charge on any atom is -0.456 e. The van der Waals surface area contributed by atoms with Crippen molar-refractivity contribution in [3.63, 3.8) is 0 Å². The van der Waals surface area contributed by atoms with Gasteiger partial charge in [0.2, 0.25) is 0 Å². The van der Waals surface area contributed by atoms with Crippen LogP contribution in [0.2, 0.25) is 0 Å². The zero-order valence-electron chi connectivity index (χ0n) is 24.9. The van der Waals surface area contributed by atoms with E-state index in [0.717, 1.165) is 38.5 Å². The fourth-order valence-electron chi connectivity index (χ4n) is 5.25. The van der Waals surface area contributed by atoms with E-state index in [1.165, 1.54) is 38.5 Å². The molecular formula is C30H54O12. The molecule has 0 radical (unpaired) electrons. The van der Waals surface area contributed by atoms with Crippen molar-refractivity contribution in [2.45, 2.75) is 158 Å². The summed E-state index contributed by atoms with van der Waals surface area (Å²) in [6, 6.07) is 0. The molecule has 0 aliphatic carbocycles.